The van der Waals surface area contributed by atoms with Gasteiger partial charge in [-0.25, -0.2) is 17.2 Å². The first-order chi connectivity index (χ1) is 9.63. The molecule has 1 amide bonds. The van der Waals surface area contributed by atoms with Crippen molar-refractivity contribution >= 4 is 25.6 Å². The summed E-state index contributed by atoms with van der Waals surface area (Å²) in [5.41, 5.74) is -0.642. The average molecular weight is 340 g/mol. The van der Waals surface area contributed by atoms with E-state index in [1.165, 1.54) is 4.90 Å². The predicted octanol–water partition coefficient (Wildman–Crippen LogP) is 3.15. The molecule has 118 valence electrons. The van der Waals surface area contributed by atoms with Crippen LogP contribution in [0.3, 0.4) is 0 Å². The summed E-state index contributed by atoms with van der Waals surface area (Å²) < 4.78 is 50.2. The van der Waals surface area contributed by atoms with Gasteiger partial charge in [-0.2, -0.15) is 0 Å². The number of rotatable bonds is 5. The van der Waals surface area contributed by atoms with Crippen molar-refractivity contribution in [3.8, 4) is 0 Å². The van der Waals surface area contributed by atoms with Crippen LogP contribution in [0.2, 0.25) is 0 Å². The molecule has 0 N–H and O–H groups in total. The van der Waals surface area contributed by atoms with Gasteiger partial charge < -0.3 is 4.90 Å². The molecule has 0 spiro atoms. The highest BCUT2D eigenvalue weighted by molar-refractivity contribution is 8.13. The lowest BCUT2D eigenvalue weighted by molar-refractivity contribution is 0.0694. The molecule has 0 radical (unpaired) electrons. The molecule has 8 heteroatoms. The minimum Gasteiger partial charge on any atom is -0.336 e. The molecule has 0 saturated carbocycles. The molecule has 1 unspecified atom stereocenters. The molecule has 0 aromatic heterocycles. The third kappa shape index (κ3) is 3.91. The number of halogens is 3. The van der Waals surface area contributed by atoms with Gasteiger partial charge in [0, 0.05) is 23.3 Å². The maximum absolute atomic E-state index is 14.2. The van der Waals surface area contributed by atoms with E-state index in [1.54, 1.807) is 13.8 Å². The standard InChI is InChI=1S/C13H16ClF2NO3S/c1-4-8(3)17(5-2)13(18)10-6-9(15)7-11(12(10)16)21(14,19)20/h6-8H,4-5H2,1-3H3. The van der Waals surface area contributed by atoms with Gasteiger partial charge in [0.25, 0.3) is 15.0 Å². The van der Waals surface area contributed by atoms with Crippen LogP contribution in [0.15, 0.2) is 17.0 Å². The highest BCUT2D eigenvalue weighted by atomic mass is 35.7. The van der Waals surface area contributed by atoms with Gasteiger partial charge >= 0.3 is 0 Å². The van der Waals surface area contributed by atoms with E-state index in [1.807, 2.05) is 6.92 Å². The first-order valence-corrected chi connectivity index (χ1v) is 8.69. The van der Waals surface area contributed by atoms with E-state index in [4.69, 9.17) is 10.7 Å². The van der Waals surface area contributed by atoms with Crippen molar-refractivity contribution in [3.63, 3.8) is 0 Å². The fourth-order valence-electron chi connectivity index (χ4n) is 1.93. The Morgan fingerprint density at radius 1 is 1.33 bits per heavy atom. The van der Waals surface area contributed by atoms with Crippen molar-refractivity contribution in [1.82, 2.24) is 4.90 Å². The number of amides is 1. The smallest absolute Gasteiger partial charge is 0.264 e. The van der Waals surface area contributed by atoms with Crippen LogP contribution in [0.5, 0.6) is 0 Å². The fraction of sp³-hybridized carbons (Fsp3) is 0.462. The number of hydrogen-bond acceptors (Lipinski definition) is 3. The summed E-state index contributed by atoms with van der Waals surface area (Å²) in [7, 11) is 0.573. The van der Waals surface area contributed by atoms with Crippen LogP contribution < -0.4 is 0 Å². The van der Waals surface area contributed by atoms with Crippen molar-refractivity contribution in [2.75, 3.05) is 6.54 Å². The number of nitrogens with zero attached hydrogens (tertiary/aromatic N) is 1. The van der Waals surface area contributed by atoms with Gasteiger partial charge in [0.2, 0.25) is 0 Å². The van der Waals surface area contributed by atoms with E-state index in [0.717, 1.165) is 0 Å². The molecule has 0 aliphatic heterocycles. The lowest BCUT2D eigenvalue weighted by Crippen LogP contribution is -2.38. The Balaban J connectivity index is 3.44. The number of benzene rings is 1. The van der Waals surface area contributed by atoms with Crippen LogP contribution in [0.1, 0.15) is 37.6 Å². The first-order valence-electron chi connectivity index (χ1n) is 6.38. The lowest BCUT2D eigenvalue weighted by Gasteiger charge is -2.27. The Hall–Kier alpha value is -1.21. The topological polar surface area (TPSA) is 54.5 Å². The zero-order valence-electron chi connectivity index (χ0n) is 11.9. The lowest BCUT2D eigenvalue weighted by atomic mass is 10.1. The Kier molecular flexibility index (Phi) is 5.69. The van der Waals surface area contributed by atoms with E-state index >= 15 is 0 Å². The van der Waals surface area contributed by atoms with Gasteiger partial charge in [-0.15, -0.1) is 0 Å². The molecule has 1 aromatic carbocycles. The highest BCUT2D eigenvalue weighted by Gasteiger charge is 2.27. The summed E-state index contributed by atoms with van der Waals surface area (Å²) in [5.74, 6) is -3.15. The zero-order valence-corrected chi connectivity index (χ0v) is 13.4. The third-order valence-corrected chi connectivity index (χ3v) is 4.54. The molecule has 1 aromatic rings. The SMILES string of the molecule is CCC(C)N(CC)C(=O)c1cc(F)cc(S(=O)(=O)Cl)c1F. The normalized spacial score (nSPS) is 13.0. The van der Waals surface area contributed by atoms with Crippen LogP contribution in [0.25, 0.3) is 0 Å². The first kappa shape index (κ1) is 17.8. The van der Waals surface area contributed by atoms with Gasteiger partial charge in [-0.3, -0.25) is 4.79 Å². The number of hydrogen-bond donors (Lipinski definition) is 0. The summed E-state index contributed by atoms with van der Waals surface area (Å²) in [4.78, 5) is 12.6. The maximum Gasteiger partial charge on any atom is 0.264 e. The van der Waals surface area contributed by atoms with E-state index in [-0.39, 0.29) is 12.6 Å². The third-order valence-electron chi connectivity index (χ3n) is 3.22. The molecule has 21 heavy (non-hydrogen) atoms. The minimum absolute atomic E-state index is 0.193. The van der Waals surface area contributed by atoms with Gasteiger partial charge in [0.1, 0.15) is 10.7 Å². The van der Waals surface area contributed by atoms with Crippen molar-refractivity contribution < 1.29 is 22.0 Å². The monoisotopic (exact) mass is 339 g/mol. The second-order valence-corrected chi connectivity index (χ2v) is 7.09. The Morgan fingerprint density at radius 3 is 2.33 bits per heavy atom. The Bertz CT molecular complexity index is 649. The van der Waals surface area contributed by atoms with Crippen molar-refractivity contribution in [2.45, 2.75) is 38.1 Å². The fourth-order valence-corrected chi connectivity index (χ4v) is 2.84. The number of carbonyl (C=O) groups excluding carboxylic acids is 1. The molecule has 4 nitrogen and oxygen atoms in total. The summed E-state index contributed by atoms with van der Waals surface area (Å²) in [5, 5.41) is 0. The van der Waals surface area contributed by atoms with Crippen molar-refractivity contribution in [2.24, 2.45) is 0 Å². The van der Waals surface area contributed by atoms with Crippen LogP contribution in [-0.4, -0.2) is 31.8 Å². The largest absolute Gasteiger partial charge is 0.336 e. The molecule has 0 heterocycles. The van der Waals surface area contributed by atoms with Crippen LogP contribution in [0, 0.1) is 11.6 Å². The molecule has 0 saturated heterocycles. The van der Waals surface area contributed by atoms with E-state index in [9.17, 15) is 22.0 Å². The van der Waals surface area contributed by atoms with E-state index in [2.05, 4.69) is 0 Å². The second-order valence-electron chi connectivity index (χ2n) is 4.55. The second kappa shape index (κ2) is 6.70. The average Bonchev–Trinajstić information content (AvgIpc) is 2.40. The van der Waals surface area contributed by atoms with E-state index in [0.29, 0.717) is 18.6 Å². The van der Waals surface area contributed by atoms with Crippen molar-refractivity contribution in [3.05, 3.63) is 29.3 Å². The molecular weight excluding hydrogens is 324 g/mol. The van der Waals surface area contributed by atoms with Crippen molar-refractivity contribution in [1.29, 1.82) is 0 Å². The van der Waals surface area contributed by atoms with E-state index < -0.39 is 37.1 Å². The predicted molar refractivity (Wildman–Crippen MR) is 75.9 cm³/mol. The summed E-state index contributed by atoms with van der Waals surface area (Å²) in [6.45, 7) is 5.59. The summed E-state index contributed by atoms with van der Waals surface area (Å²) >= 11 is 0. The molecule has 1 rings (SSSR count). The quantitative estimate of drug-likeness (QED) is 0.774. The maximum atomic E-state index is 14.2. The molecule has 0 aliphatic carbocycles. The Morgan fingerprint density at radius 2 is 1.90 bits per heavy atom. The minimum atomic E-state index is -4.48. The van der Waals surface area contributed by atoms with Gasteiger partial charge in [0.05, 0.1) is 5.56 Å². The number of carbonyl (C=O) groups is 1. The zero-order chi connectivity index (χ0) is 16.4. The Labute approximate surface area is 127 Å². The van der Waals surface area contributed by atoms with Crippen LogP contribution in [0.4, 0.5) is 8.78 Å². The summed E-state index contributed by atoms with van der Waals surface area (Å²) in [6.07, 6.45) is 0.622. The van der Waals surface area contributed by atoms with Gasteiger partial charge in [-0.1, -0.05) is 6.92 Å². The molecule has 0 bridgehead atoms. The molecule has 0 aliphatic rings. The summed E-state index contributed by atoms with van der Waals surface area (Å²) in [6, 6.07) is 0.934. The molecule has 0 fully saturated rings. The van der Waals surface area contributed by atoms with Crippen LogP contribution >= 0.6 is 10.7 Å². The molecule has 1 atom stereocenters. The van der Waals surface area contributed by atoms with Gasteiger partial charge in [0.15, 0.2) is 5.82 Å². The highest BCUT2D eigenvalue weighted by Crippen LogP contribution is 2.25. The van der Waals surface area contributed by atoms with Gasteiger partial charge in [-0.05, 0) is 32.4 Å². The molecular formula is C13H16ClF2NO3S. The van der Waals surface area contributed by atoms with Crippen LogP contribution in [-0.2, 0) is 9.05 Å².